The predicted molar refractivity (Wildman–Crippen MR) is 75.2 cm³/mol. The lowest BCUT2D eigenvalue weighted by molar-refractivity contribution is 0.875. The molecule has 1 N–H and O–H groups in total. The number of rotatable bonds is 4. The summed E-state index contributed by atoms with van der Waals surface area (Å²) in [4.78, 5) is 8.62. The third-order valence-corrected chi connectivity index (χ3v) is 2.83. The summed E-state index contributed by atoms with van der Waals surface area (Å²) in [5, 5.41) is 12.1. The number of benzene rings is 1. The third-order valence-electron chi connectivity index (χ3n) is 2.83. The Morgan fingerprint density at radius 3 is 2.89 bits per heavy atom. The SMILES string of the molecule is CCCc1ccnc(Nc2ccc(C)c(C#N)c2)n1. The summed E-state index contributed by atoms with van der Waals surface area (Å²) in [6, 6.07) is 9.74. The minimum Gasteiger partial charge on any atom is -0.324 e. The molecule has 1 aromatic heterocycles. The molecule has 1 aromatic carbocycles. The van der Waals surface area contributed by atoms with Gasteiger partial charge in [-0.1, -0.05) is 19.4 Å². The third kappa shape index (κ3) is 3.29. The quantitative estimate of drug-likeness (QED) is 0.906. The molecular weight excluding hydrogens is 236 g/mol. The highest BCUT2D eigenvalue weighted by atomic mass is 15.1. The smallest absolute Gasteiger partial charge is 0.227 e. The van der Waals surface area contributed by atoms with Crippen LogP contribution in [0.3, 0.4) is 0 Å². The summed E-state index contributed by atoms with van der Waals surface area (Å²) in [5.41, 5.74) is 3.48. The summed E-state index contributed by atoms with van der Waals surface area (Å²) in [6.07, 6.45) is 3.74. The van der Waals surface area contributed by atoms with Crippen molar-refractivity contribution in [1.29, 1.82) is 5.26 Å². The highest BCUT2D eigenvalue weighted by molar-refractivity contribution is 5.58. The maximum absolute atomic E-state index is 9.01. The molecule has 4 nitrogen and oxygen atoms in total. The van der Waals surface area contributed by atoms with Gasteiger partial charge in [-0.3, -0.25) is 0 Å². The topological polar surface area (TPSA) is 61.6 Å². The van der Waals surface area contributed by atoms with Gasteiger partial charge in [0, 0.05) is 17.6 Å². The highest BCUT2D eigenvalue weighted by Gasteiger charge is 2.02. The molecule has 0 aliphatic rings. The fourth-order valence-electron chi connectivity index (χ4n) is 1.80. The van der Waals surface area contributed by atoms with Gasteiger partial charge in [0.2, 0.25) is 5.95 Å². The van der Waals surface area contributed by atoms with Crippen LogP contribution in [0.25, 0.3) is 0 Å². The molecule has 2 aromatic rings. The Morgan fingerprint density at radius 2 is 2.16 bits per heavy atom. The van der Waals surface area contributed by atoms with Gasteiger partial charge < -0.3 is 5.32 Å². The second-order valence-electron chi connectivity index (χ2n) is 4.39. The first-order valence-corrected chi connectivity index (χ1v) is 6.32. The molecule has 0 aliphatic heterocycles. The number of hydrogen-bond donors (Lipinski definition) is 1. The average Bonchev–Trinajstić information content (AvgIpc) is 2.42. The Kier molecular flexibility index (Phi) is 4.09. The fourth-order valence-corrected chi connectivity index (χ4v) is 1.80. The number of hydrogen-bond acceptors (Lipinski definition) is 4. The molecule has 2 rings (SSSR count). The molecule has 4 heteroatoms. The van der Waals surface area contributed by atoms with Crippen LogP contribution in [-0.4, -0.2) is 9.97 Å². The first-order valence-electron chi connectivity index (χ1n) is 6.32. The lowest BCUT2D eigenvalue weighted by atomic mass is 10.1. The molecule has 19 heavy (non-hydrogen) atoms. The van der Waals surface area contributed by atoms with Gasteiger partial charge >= 0.3 is 0 Å². The summed E-state index contributed by atoms with van der Waals surface area (Å²) < 4.78 is 0. The van der Waals surface area contributed by atoms with E-state index in [4.69, 9.17) is 5.26 Å². The van der Waals surface area contributed by atoms with E-state index >= 15 is 0 Å². The van der Waals surface area contributed by atoms with Crippen molar-refractivity contribution < 1.29 is 0 Å². The van der Waals surface area contributed by atoms with Gasteiger partial charge in [-0.25, -0.2) is 9.97 Å². The molecule has 0 fully saturated rings. The average molecular weight is 252 g/mol. The van der Waals surface area contributed by atoms with Crippen molar-refractivity contribution in [2.75, 3.05) is 5.32 Å². The Labute approximate surface area is 113 Å². The number of nitriles is 1. The molecule has 0 saturated carbocycles. The molecule has 1 heterocycles. The van der Waals surface area contributed by atoms with Crippen LogP contribution >= 0.6 is 0 Å². The van der Waals surface area contributed by atoms with E-state index in [1.807, 2.05) is 31.2 Å². The van der Waals surface area contributed by atoms with Crippen LogP contribution < -0.4 is 5.32 Å². The van der Waals surface area contributed by atoms with E-state index in [2.05, 4.69) is 28.3 Å². The zero-order valence-corrected chi connectivity index (χ0v) is 11.1. The van der Waals surface area contributed by atoms with E-state index in [0.717, 1.165) is 29.8 Å². The molecule has 96 valence electrons. The molecular formula is C15H16N4. The number of nitrogens with zero attached hydrogens (tertiary/aromatic N) is 3. The first kappa shape index (κ1) is 13.0. The Bertz CT molecular complexity index is 614. The number of nitrogens with one attached hydrogen (secondary N) is 1. The Morgan fingerprint density at radius 1 is 1.32 bits per heavy atom. The Hall–Kier alpha value is -2.41. The van der Waals surface area contributed by atoms with E-state index in [1.165, 1.54) is 0 Å². The van der Waals surface area contributed by atoms with E-state index < -0.39 is 0 Å². The first-order chi connectivity index (χ1) is 9.22. The zero-order valence-electron chi connectivity index (χ0n) is 11.1. The second-order valence-corrected chi connectivity index (χ2v) is 4.39. The van der Waals surface area contributed by atoms with E-state index in [9.17, 15) is 0 Å². The van der Waals surface area contributed by atoms with Crippen LogP contribution in [0.5, 0.6) is 0 Å². The van der Waals surface area contributed by atoms with E-state index in [1.54, 1.807) is 6.20 Å². The van der Waals surface area contributed by atoms with E-state index in [0.29, 0.717) is 11.5 Å². The van der Waals surface area contributed by atoms with Gasteiger partial charge in [-0.15, -0.1) is 0 Å². The summed E-state index contributed by atoms with van der Waals surface area (Å²) >= 11 is 0. The van der Waals surface area contributed by atoms with Gasteiger partial charge in [0.1, 0.15) is 0 Å². The largest absolute Gasteiger partial charge is 0.324 e. The highest BCUT2D eigenvalue weighted by Crippen LogP contribution is 2.17. The zero-order chi connectivity index (χ0) is 13.7. The maximum Gasteiger partial charge on any atom is 0.227 e. The molecule has 0 aliphatic carbocycles. The van der Waals surface area contributed by atoms with Crippen molar-refractivity contribution in [1.82, 2.24) is 9.97 Å². The molecule has 0 amide bonds. The monoisotopic (exact) mass is 252 g/mol. The normalized spacial score (nSPS) is 9.95. The second kappa shape index (κ2) is 5.96. The lowest BCUT2D eigenvalue weighted by Gasteiger charge is -2.07. The maximum atomic E-state index is 9.01. The standard InChI is InChI=1S/C15H16N4/c1-3-4-13-7-8-17-15(18-13)19-14-6-5-11(2)12(9-14)10-16/h5-9H,3-4H2,1-2H3,(H,17,18,19). The molecule has 0 radical (unpaired) electrons. The van der Waals surface area contributed by atoms with Gasteiger partial charge in [-0.05, 0) is 37.1 Å². The van der Waals surface area contributed by atoms with Gasteiger partial charge in [-0.2, -0.15) is 5.26 Å². The van der Waals surface area contributed by atoms with Crippen molar-refractivity contribution in [3.63, 3.8) is 0 Å². The van der Waals surface area contributed by atoms with Gasteiger partial charge in [0.05, 0.1) is 11.6 Å². The van der Waals surface area contributed by atoms with Crippen LogP contribution in [0, 0.1) is 18.3 Å². The van der Waals surface area contributed by atoms with Crippen LogP contribution in [0.1, 0.15) is 30.2 Å². The molecule has 0 saturated heterocycles. The van der Waals surface area contributed by atoms with Crippen LogP contribution in [0.15, 0.2) is 30.5 Å². The van der Waals surface area contributed by atoms with Crippen LogP contribution in [0.4, 0.5) is 11.6 Å². The Balaban J connectivity index is 2.21. The lowest BCUT2D eigenvalue weighted by Crippen LogP contribution is -2.00. The molecule has 0 atom stereocenters. The molecule has 0 bridgehead atoms. The van der Waals surface area contributed by atoms with Gasteiger partial charge in [0.15, 0.2) is 0 Å². The minimum atomic E-state index is 0.568. The number of aryl methyl sites for hydroxylation is 2. The summed E-state index contributed by atoms with van der Waals surface area (Å²) in [7, 11) is 0. The molecule has 0 unspecified atom stereocenters. The van der Waals surface area contributed by atoms with Gasteiger partial charge in [0.25, 0.3) is 0 Å². The van der Waals surface area contributed by atoms with Crippen LogP contribution in [-0.2, 0) is 6.42 Å². The van der Waals surface area contributed by atoms with Crippen molar-refractivity contribution in [2.45, 2.75) is 26.7 Å². The van der Waals surface area contributed by atoms with Crippen molar-refractivity contribution >= 4 is 11.6 Å². The van der Waals surface area contributed by atoms with Crippen molar-refractivity contribution in [2.24, 2.45) is 0 Å². The number of anilines is 2. The van der Waals surface area contributed by atoms with E-state index in [-0.39, 0.29) is 0 Å². The van der Waals surface area contributed by atoms with Crippen molar-refractivity contribution in [3.8, 4) is 6.07 Å². The summed E-state index contributed by atoms with van der Waals surface area (Å²) in [6.45, 7) is 4.04. The predicted octanol–water partition coefficient (Wildman–Crippen LogP) is 3.35. The fraction of sp³-hybridized carbons (Fsp3) is 0.267. The van der Waals surface area contributed by atoms with Crippen molar-refractivity contribution in [3.05, 3.63) is 47.3 Å². The molecule has 0 spiro atoms. The van der Waals surface area contributed by atoms with Crippen LogP contribution in [0.2, 0.25) is 0 Å². The summed E-state index contributed by atoms with van der Waals surface area (Å²) in [5.74, 6) is 0.568. The number of aromatic nitrogens is 2. The minimum absolute atomic E-state index is 0.568.